The van der Waals surface area contributed by atoms with Crippen molar-refractivity contribution in [1.82, 2.24) is 5.32 Å². The topological polar surface area (TPSA) is 38.3 Å². The molecule has 0 aliphatic carbocycles. The van der Waals surface area contributed by atoms with Crippen LogP contribution < -0.4 is 10.1 Å². The Balaban J connectivity index is 1.95. The van der Waals surface area contributed by atoms with Crippen molar-refractivity contribution >= 4 is 5.91 Å². The summed E-state index contributed by atoms with van der Waals surface area (Å²) in [5.74, 6) is 1.03. The van der Waals surface area contributed by atoms with E-state index in [1.807, 2.05) is 49.4 Å². The Hall–Kier alpha value is -2.29. The van der Waals surface area contributed by atoms with Gasteiger partial charge in [0.05, 0.1) is 0 Å². The van der Waals surface area contributed by atoms with E-state index in [9.17, 15) is 4.79 Å². The summed E-state index contributed by atoms with van der Waals surface area (Å²) in [6.07, 6.45) is -0.528. The van der Waals surface area contributed by atoms with Crippen molar-refractivity contribution in [2.75, 3.05) is 0 Å². The molecule has 0 fully saturated rings. The predicted molar refractivity (Wildman–Crippen MR) is 93.6 cm³/mol. The third-order valence-electron chi connectivity index (χ3n) is 3.76. The molecule has 122 valence electrons. The van der Waals surface area contributed by atoms with Gasteiger partial charge in [0.15, 0.2) is 6.10 Å². The Morgan fingerprint density at radius 1 is 1.09 bits per heavy atom. The third-order valence-corrected chi connectivity index (χ3v) is 3.76. The Kier molecular flexibility index (Phi) is 5.80. The largest absolute Gasteiger partial charge is 0.481 e. The van der Waals surface area contributed by atoms with Gasteiger partial charge in [-0.25, -0.2) is 0 Å². The molecule has 0 radical (unpaired) electrons. The lowest BCUT2D eigenvalue weighted by Gasteiger charge is -2.18. The summed E-state index contributed by atoms with van der Waals surface area (Å²) in [6.45, 7) is 8.57. The second kappa shape index (κ2) is 7.82. The summed E-state index contributed by atoms with van der Waals surface area (Å²) in [5, 5.41) is 2.93. The van der Waals surface area contributed by atoms with E-state index in [0.29, 0.717) is 12.5 Å². The minimum atomic E-state index is -0.528. The second-order valence-corrected chi connectivity index (χ2v) is 6.16. The van der Waals surface area contributed by atoms with Crippen LogP contribution in [0.2, 0.25) is 0 Å². The highest BCUT2D eigenvalue weighted by molar-refractivity contribution is 5.80. The summed E-state index contributed by atoms with van der Waals surface area (Å²) >= 11 is 0. The maximum absolute atomic E-state index is 12.3. The van der Waals surface area contributed by atoms with Crippen molar-refractivity contribution in [2.24, 2.45) is 0 Å². The van der Waals surface area contributed by atoms with Gasteiger partial charge in [-0.3, -0.25) is 4.79 Å². The van der Waals surface area contributed by atoms with Crippen molar-refractivity contribution in [3.8, 4) is 5.75 Å². The molecule has 0 saturated heterocycles. The molecule has 3 nitrogen and oxygen atoms in total. The summed E-state index contributed by atoms with van der Waals surface area (Å²) in [5.41, 5.74) is 3.39. The number of rotatable bonds is 6. The lowest BCUT2D eigenvalue weighted by Crippen LogP contribution is -2.36. The van der Waals surface area contributed by atoms with Crippen LogP contribution in [0, 0.1) is 6.92 Å². The number of hydrogen-bond acceptors (Lipinski definition) is 2. The van der Waals surface area contributed by atoms with Crippen molar-refractivity contribution in [3.05, 3.63) is 65.2 Å². The SMILES string of the molecule is Cc1cccc(CNC(=O)[C@@H](C)Oc2ccccc2C(C)C)c1. The van der Waals surface area contributed by atoms with Crippen LogP contribution in [0.1, 0.15) is 43.4 Å². The quantitative estimate of drug-likeness (QED) is 0.868. The molecule has 0 unspecified atom stereocenters. The Morgan fingerprint density at radius 2 is 1.83 bits per heavy atom. The van der Waals surface area contributed by atoms with Crippen LogP contribution in [0.4, 0.5) is 0 Å². The second-order valence-electron chi connectivity index (χ2n) is 6.16. The molecule has 0 aromatic heterocycles. The zero-order valence-electron chi connectivity index (χ0n) is 14.3. The number of para-hydroxylation sites is 1. The zero-order valence-corrected chi connectivity index (χ0v) is 14.3. The van der Waals surface area contributed by atoms with Crippen LogP contribution in [0.5, 0.6) is 5.75 Å². The van der Waals surface area contributed by atoms with E-state index in [1.54, 1.807) is 6.92 Å². The van der Waals surface area contributed by atoms with Gasteiger partial charge in [0.25, 0.3) is 5.91 Å². The van der Waals surface area contributed by atoms with E-state index in [0.717, 1.165) is 16.9 Å². The highest BCUT2D eigenvalue weighted by atomic mass is 16.5. The Labute approximate surface area is 138 Å². The molecule has 2 aromatic rings. The molecule has 0 heterocycles. The minimum absolute atomic E-state index is 0.106. The monoisotopic (exact) mass is 311 g/mol. The maximum Gasteiger partial charge on any atom is 0.261 e. The van der Waals surface area contributed by atoms with Crippen molar-refractivity contribution < 1.29 is 9.53 Å². The van der Waals surface area contributed by atoms with Gasteiger partial charge in [-0.05, 0) is 37.0 Å². The van der Waals surface area contributed by atoms with Crippen LogP contribution in [0.15, 0.2) is 48.5 Å². The molecular weight excluding hydrogens is 286 g/mol. The van der Waals surface area contributed by atoms with Gasteiger partial charge in [-0.1, -0.05) is 61.9 Å². The fourth-order valence-corrected chi connectivity index (χ4v) is 2.46. The van der Waals surface area contributed by atoms with E-state index in [-0.39, 0.29) is 5.91 Å². The molecular formula is C20H25NO2. The molecule has 0 spiro atoms. The first kappa shape index (κ1) is 17.1. The van der Waals surface area contributed by atoms with Gasteiger partial charge >= 0.3 is 0 Å². The molecule has 0 bridgehead atoms. The van der Waals surface area contributed by atoms with Crippen LogP contribution in [-0.4, -0.2) is 12.0 Å². The summed E-state index contributed by atoms with van der Waals surface area (Å²) in [6, 6.07) is 16.0. The average molecular weight is 311 g/mol. The molecule has 0 aliphatic heterocycles. The van der Waals surface area contributed by atoms with Crippen molar-refractivity contribution in [3.63, 3.8) is 0 Å². The number of benzene rings is 2. The van der Waals surface area contributed by atoms with Crippen LogP contribution in [0.25, 0.3) is 0 Å². The number of aryl methyl sites for hydroxylation is 1. The highest BCUT2D eigenvalue weighted by Crippen LogP contribution is 2.26. The smallest absolute Gasteiger partial charge is 0.261 e. The van der Waals surface area contributed by atoms with Crippen LogP contribution in [-0.2, 0) is 11.3 Å². The number of nitrogens with one attached hydrogen (secondary N) is 1. The van der Waals surface area contributed by atoms with Gasteiger partial charge in [-0.2, -0.15) is 0 Å². The molecule has 3 heteroatoms. The normalized spacial score (nSPS) is 12.0. The minimum Gasteiger partial charge on any atom is -0.481 e. The first-order valence-electron chi connectivity index (χ1n) is 8.06. The zero-order chi connectivity index (χ0) is 16.8. The average Bonchev–Trinajstić information content (AvgIpc) is 2.53. The molecule has 0 aliphatic rings. The number of carbonyl (C=O) groups is 1. The molecule has 1 amide bonds. The molecule has 2 aromatic carbocycles. The van der Waals surface area contributed by atoms with Crippen molar-refractivity contribution in [2.45, 2.75) is 46.3 Å². The van der Waals surface area contributed by atoms with Gasteiger partial charge in [0.1, 0.15) is 5.75 Å². The van der Waals surface area contributed by atoms with Crippen molar-refractivity contribution in [1.29, 1.82) is 0 Å². The first-order chi connectivity index (χ1) is 11.0. The van der Waals surface area contributed by atoms with E-state index in [4.69, 9.17) is 4.74 Å². The standard InChI is InChI=1S/C20H25NO2/c1-14(2)18-10-5-6-11-19(18)23-16(4)20(22)21-13-17-9-7-8-15(3)12-17/h5-12,14,16H,13H2,1-4H3,(H,21,22)/t16-/m1/s1. The van der Waals surface area contributed by atoms with Gasteiger partial charge in [0, 0.05) is 6.54 Å². The van der Waals surface area contributed by atoms with Gasteiger partial charge < -0.3 is 10.1 Å². The lowest BCUT2D eigenvalue weighted by molar-refractivity contribution is -0.127. The molecule has 0 saturated carbocycles. The number of hydrogen-bond donors (Lipinski definition) is 1. The maximum atomic E-state index is 12.3. The molecule has 1 atom stereocenters. The van der Waals surface area contributed by atoms with E-state index in [2.05, 4.69) is 25.2 Å². The van der Waals surface area contributed by atoms with Crippen LogP contribution in [0.3, 0.4) is 0 Å². The van der Waals surface area contributed by atoms with E-state index >= 15 is 0 Å². The number of ether oxygens (including phenoxy) is 1. The fourth-order valence-electron chi connectivity index (χ4n) is 2.46. The van der Waals surface area contributed by atoms with E-state index < -0.39 is 6.10 Å². The fraction of sp³-hybridized carbons (Fsp3) is 0.350. The number of amides is 1. The number of carbonyl (C=O) groups excluding carboxylic acids is 1. The Morgan fingerprint density at radius 3 is 2.52 bits per heavy atom. The highest BCUT2D eigenvalue weighted by Gasteiger charge is 2.16. The summed E-state index contributed by atoms with van der Waals surface area (Å²) in [4.78, 5) is 12.3. The summed E-state index contributed by atoms with van der Waals surface area (Å²) in [7, 11) is 0. The lowest BCUT2D eigenvalue weighted by atomic mass is 10.0. The molecule has 23 heavy (non-hydrogen) atoms. The van der Waals surface area contributed by atoms with Gasteiger partial charge in [-0.15, -0.1) is 0 Å². The van der Waals surface area contributed by atoms with E-state index in [1.165, 1.54) is 5.56 Å². The predicted octanol–water partition coefficient (Wildman–Crippen LogP) is 4.20. The molecule has 1 N–H and O–H groups in total. The first-order valence-corrected chi connectivity index (χ1v) is 8.06. The Bertz CT molecular complexity index is 664. The molecule has 2 rings (SSSR count). The third kappa shape index (κ3) is 4.85. The summed E-state index contributed by atoms with van der Waals surface area (Å²) < 4.78 is 5.87. The van der Waals surface area contributed by atoms with Gasteiger partial charge in [0.2, 0.25) is 0 Å². The van der Waals surface area contributed by atoms with Crippen LogP contribution >= 0.6 is 0 Å².